The molecule has 1 aliphatic rings. The van der Waals surface area contributed by atoms with Gasteiger partial charge in [0.05, 0.1) is 22.9 Å². The van der Waals surface area contributed by atoms with E-state index in [1.165, 1.54) is 0 Å². The van der Waals surface area contributed by atoms with Crippen molar-refractivity contribution in [2.45, 2.75) is 18.9 Å². The van der Waals surface area contributed by atoms with Gasteiger partial charge < -0.3 is 10.0 Å². The summed E-state index contributed by atoms with van der Waals surface area (Å²) in [5.41, 5.74) is 0.883. The summed E-state index contributed by atoms with van der Waals surface area (Å²) in [7, 11) is 0. The molecule has 0 aromatic carbocycles. The number of aliphatic hydroxyl groups excluding tert-OH is 1. The lowest BCUT2D eigenvalue weighted by Crippen LogP contribution is -2.32. The van der Waals surface area contributed by atoms with E-state index in [1.807, 2.05) is 11.4 Å². The zero-order chi connectivity index (χ0) is 11.8. The van der Waals surface area contributed by atoms with Gasteiger partial charge in [-0.05, 0) is 35.9 Å². The highest BCUT2D eigenvalue weighted by Crippen LogP contribution is 2.33. The fourth-order valence-corrected chi connectivity index (χ4v) is 3.33. The van der Waals surface area contributed by atoms with Crippen molar-refractivity contribution in [2.75, 3.05) is 18.1 Å². The van der Waals surface area contributed by atoms with E-state index in [-0.39, 0.29) is 17.9 Å². The van der Waals surface area contributed by atoms with Crippen molar-refractivity contribution in [1.29, 1.82) is 0 Å². The fraction of sp³-hybridized carbons (Fsp3) is 0.455. The molecular formula is C11H12ClN3OS. The maximum absolute atomic E-state index is 9.38. The van der Waals surface area contributed by atoms with Crippen LogP contribution in [0.2, 0.25) is 5.28 Å². The Morgan fingerprint density at radius 1 is 1.53 bits per heavy atom. The van der Waals surface area contributed by atoms with E-state index in [9.17, 15) is 5.11 Å². The SMILES string of the molecule is OC[C@@H]1CCCN1c1nc(Cl)nc2ccsc12. The van der Waals surface area contributed by atoms with Crippen molar-refractivity contribution in [3.05, 3.63) is 16.7 Å². The van der Waals surface area contributed by atoms with E-state index in [0.717, 1.165) is 35.4 Å². The molecule has 0 unspecified atom stereocenters. The van der Waals surface area contributed by atoms with Gasteiger partial charge in [0.1, 0.15) is 0 Å². The number of anilines is 1. The first kappa shape index (κ1) is 11.2. The molecule has 1 fully saturated rings. The zero-order valence-electron chi connectivity index (χ0n) is 9.14. The highest BCUT2D eigenvalue weighted by atomic mass is 35.5. The smallest absolute Gasteiger partial charge is 0.224 e. The average molecular weight is 270 g/mol. The second kappa shape index (κ2) is 4.40. The molecule has 4 nitrogen and oxygen atoms in total. The highest BCUT2D eigenvalue weighted by Gasteiger charge is 2.27. The number of hydrogen-bond donors (Lipinski definition) is 1. The molecule has 0 radical (unpaired) electrons. The van der Waals surface area contributed by atoms with Gasteiger partial charge in [-0.2, -0.15) is 4.98 Å². The number of halogens is 1. The molecule has 2 aromatic rings. The number of fused-ring (bicyclic) bond motifs is 1. The van der Waals surface area contributed by atoms with E-state index in [4.69, 9.17) is 11.6 Å². The van der Waals surface area contributed by atoms with E-state index >= 15 is 0 Å². The summed E-state index contributed by atoms with van der Waals surface area (Å²) in [4.78, 5) is 10.7. The van der Waals surface area contributed by atoms with E-state index in [1.54, 1.807) is 11.3 Å². The van der Waals surface area contributed by atoms with Crippen LogP contribution in [-0.4, -0.2) is 34.3 Å². The van der Waals surface area contributed by atoms with Gasteiger partial charge in [-0.1, -0.05) is 0 Å². The summed E-state index contributed by atoms with van der Waals surface area (Å²) < 4.78 is 1.05. The number of nitrogens with zero attached hydrogens (tertiary/aromatic N) is 3. The van der Waals surface area contributed by atoms with Crippen LogP contribution < -0.4 is 4.90 Å². The van der Waals surface area contributed by atoms with Crippen molar-refractivity contribution in [1.82, 2.24) is 9.97 Å². The van der Waals surface area contributed by atoms with Crippen LogP contribution in [0.1, 0.15) is 12.8 Å². The molecule has 17 heavy (non-hydrogen) atoms. The largest absolute Gasteiger partial charge is 0.394 e. The monoisotopic (exact) mass is 269 g/mol. The Kier molecular flexibility index (Phi) is 2.90. The molecule has 0 saturated carbocycles. The number of hydrogen-bond acceptors (Lipinski definition) is 5. The summed E-state index contributed by atoms with van der Waals surface area (Å²) >= 11 is 7.56. The van der Waals surface area contributed by atoms with Crippen molar-refractivity contribution in [2.24, 2.45) is 0 Å². The van der Waals surface area contributed by atoms with Gasteiger partial charge in [0.25, 0.3) is 0 Å². The Morgan fingerprint density at radius 3 is 3.24 bits per heavy atom. The summed E-state index contributed by atoms with van der Waals surface area (Å²) in [5.74, 6) is 0.867. The Bertz CT molecular complexity index is 544. The third-order valence-electron chi connectivity index (χ3n) is 3.12. The second-order valence-electron chi connectivity index (χ2n) is 4.12. The van der Waals surface area contributed by atoms with Gasteiger partial charge in [0.15, 0.2) is 5.82 Å². The molecule has 1 saturated heterocycles. The van der Waals surface area contributed by atoms with Crippen molar-refractivity contribution < 1.29 is 5.11 Å². The number of rotatable bonds is 2. The minimum Gasteiger partial charge on any atom is -0.394 e. The van der Waals surface area contributed by atoms with Crippen LogP contribution in [0.25, 0.3) is 10.2 Å². The van der Waals surface area contributed by atoms with Gasteiger partial charge in [-0.3, -0.25) is 0 Å². The Balaban J connectivity index is 2.12. The topological polar surface area (TPSA) is 49.2 Å². The van der Waals surface area contributed by atoms with Crippen molar-refractivity contribution in [3.8, 4) is 0 Å². The average Bonchev–Trinajstić information content (AvgIpc) is 2.95. The lowest BCUT2D eigenvalue weighted by Gasteiger charge is -2.24. The van der Waals surface area contributed by atoms with Gasteiger partial charge in [0, 0.05) is 6.54 Å². The summed E-state index contributed by atoms with van der Waals surface area (Å²) in [6, 6.07) is 2.10. The van der Waals surface area contributed by atoms with Crippen LogP contribution in [0.4, 0.5) is 5.82 Å². The second-order valence-corrected chi connectivity index (χ2v) is 5.38. The van der Waals surface area contributed by atoms with Crippen LogP contribution in [-0.2, 0) is 0 Å². The fourth-order valence-electron chi connectivity index (χ4n) is 2.32. The number of thiophene rings is 1. The standard InChI is InChI=1S/C11H12ClN3OS/c12-11-13-8-3-5-17-9(8)10(14-11)15-4-1-2-7(15)6-16/h3,5,7,16H,1-2,4,6H2/t7-/m0/s1. The molecular weight excluding hydrogens is 258 g/mol. The third-order valence-corrected chi connectivity index (χ3v) is 4.19. The quantitative estimate of drug-likeness (QED) is 0.850. The summed E-state index contributed by atoms with van der Waals surface area (Å²) in [5, 5.41) is 11.6. The molecule has 1 aliphatic heterocycles. The predicted molar refractivity (Wildman–Crippen MR) is 69.9 cm³/mol. The Hall–Kier alpha value is -0.910. The number of aromatic nitrogens is 2. The first-order valence-electron chi connectivity index (χ1n) is 5.58. The van der Waals surface area contributed by atoms with Crippen LogP contribution in [0, 0.1) is 0 Å². The highest BCUT2D eigenvalue weighted by molar-refractivity contribution is 7.17. The third kappa shape index (κ3) is 1.88. The maximum atomic E-state index is 9.38. The summed E-state index contributed by atoms with van der Waals surface area (Å²) in [6.45, 7) is 1.08. The zero-order valence-corrected chi connectivity index (χ0v) is 10.7. The molecule has 6 heteroatoms. The van der Waals surface area contributed by atoms with Crippen molar-refractivity contribution >= 4 is 39.0 Å². The van der Waals surface area contributed by atoms with E-state index in [2.05, 4.69) is 14.9 Å². The minimum absolute atomic E-state index is 0.159. The van der Waals surface area contributed by atoms with Crippen LogP contribution >= 0.6 is 22.9 Å². The van der Waals surface area contributed by atoms with E-state index in [0.29, 0.717) is 0 Å². The lowest BCUT2D eigenvalue weighted by molar-refractivity contribution is 0.266. The molecule has 0 amide bonds. The summed E-state index contributed by atoms with van der Waals surface area (Å²) in [6.07, 6.45) is 2.09. The number of aliphatic hydroxyl groups is 1. The molecule has 3 rings (SSSR count). The molecule has 3 heterocycles. The lowest BCUT2D eigenvalue weighted by atomic mass is 10.2. The van der Waals surface area contributed by atoms with Crippen LogP contribution in [0.15, 0.2) is 11.4 Å². The first-order valence-corrected chi connectivity index (χ1v) is 6.83. The molecule has 0 spiro atoms. The molecule has 1 N–H and O–H groups in total. The van der Waals surface area contributed by atoms with Crippen LogP contribution in [0.5, 0.6) is 0 Å². The minimum atomic E-state index is 0.159. The van der Waals surface area contributed by atoms with Crippen LogP contribution in [0.3, 0.4) is 0 Å². The predicted octanol–water partition coefficient (Wildman–Crippen LogP) is 2.31. The van der Waals surface area contributed by atoms with Crippen molar-refractivity contribution in [3.63, 3.8) is 0 Å². The molecule has 2 aromatic heterocycles. The van der Waals surface area contributed by atoms with Gasteiger partial charge >= 0.3 is 0 Å². The van der Waals surface area contributed by atoms with Gasteiger partial charge in [-0.25, -0.2) is 4.98 Å². The van der Waals surface area contributed by atoms with Gasteiger partial charge in [-0.15, -0.1) is 11.3 Å². The Morgan fingerprint density at radius 2 is 2.41 bits per heavy atom. The Labute approximate surface area is 108 Å². The van der Waals surface area contributed by atoms with Gasteiger partial charge in [0.2, 0.25) is 5.28 Å². The maximum Gasteiger partial charge on any atom is 0.224 e. The molecule has 90 valence electrons. The molecule has 0 bridgehead atoms. The molecule has 1 atom stereocenters. The first-order chi connectivity index (χ1) is 8.29. The van der Waals surface area contributed by atoms with E-state index < -0.39 is 0 Å². The normalized spacial score (nSPS) is 20.4. The molecule has 0 aliphatic carbocycles.